The monoisotopic (exact) mass is 324 g/mol. The zero-order chi connectivity index (χ0) is 16.0. The number of aliphatic hydroxyl groups is 1. The first-order valence-electron chi connectivity index (χ1n) is 5.91. The maximum absolute atomic E-state index is 12.7. The second-order valence-electron chi connectivity index (χ2n) is 4.69. The largest absolute Gasteiger partial charge is 0.501 e. The molecule has 1 atom stereocenters. The van der Waals surface area contributed by atoms with Gasteiger partial charge in [-0.25, -0.2) is 8.42 Å². The van der Waals surface area contributed by atoms with E-state index in [1.54, 1.807) is 0 Å². The zero-order valence-electron chi connectivity index (χ0n) is 10.5. The Morgan fingerprint density at radius 3 is 2.48 bits per heavy atom. The topological polar surface area (TPSA) is 91.7 Å². The van der Waals surface area contributed by atoms with E-state index in [1.807, 2.05) is 0 Å². The lowest BCUT2D eigenvalue weighted by Gasteiger charge is -2.16. The van der Waals surface area contributed by atoms with Gasteiger partial charge in [0.2, 0.25) is 0 Å². The molecule has 1 aliphatic carbocycles. The lowest BCUT2D eigenvalue weighted by molar-refractivity contribution is -0.136. The quantitative estimate of drug-likeness (QED) is 0.881. The lowest BCUT2D eigenvalue weighted by Crippen LogP contribution is -2.25. The molecule has 1 aromatic carbocycles. The van der Waals surface area contributed by atoms with Gasteiger partial charge in [0.1, 0.15) is 0 Å². The number of hydrogen-bond donors (Lipinski definition) is 2. The average molecular weight is 324 g/mol. The minimum Gasteiger partial charge on any atom is -0.481 e. The smallest absolute Gasteiger partial charge is 0.481 e. The van der Waals surface area contributed by atoms with Crippen molar-refractivity contribution in [2.75, 3.05) is 0 Å². The summed E-state index contributed by atoms with van der Waals surface area (Å²) >= 11 is 0. The summed E-state index contributed by atoms with van der Waals surface area (Å²) in [6.45, 7) is 0. The highest BCUT2D eigenvalue weighted by Crippen LogP contribution is 2.42. The van der Waals surface area contributed by atoms with Crippen LogP contribution in [-0.4, -0.2) is 30.1 Å². The van der Waals surface area contributed by atoms with E-state index in [4.69, 9.17) is 5.11 Å². The van der Waals surface area contributed by atoms with Crippen molar-refractivity contribution in [3.63, 3.8) is 0 Å². The van der Waals surface area contributed by atoms with Crippen LogP contribution in [-0.2, 0) is 27.5 Å². The predicted molar refractivity (Wildman–Crippen MR) is 64.3 cm³/mol. The Kier molecular flexibility index (Phi) is 3.75. The maximum Gasteiger partial charge on any atom is 0.501 e. The zero-order valence-corrected chi connectivity index (χ0v) is 11.3. The molecule has 0 saturated carbocycles. The van der Waals surface area contributed by atoms with Crippen LogP contribution in [0.3, 0.4) is 0 Å². The van der Waals surface area contributed by atoms with Crippen molar-refractivity contribution in [1.29, 1.82) is 0 Å². The van der Waals surface area contributed by atoms with Crippen LogP contribution in [0.25, 0.3) is 0 Å². The van der Waals surface area contributed by atoms with Crippen LogP contribution in [0.2, 0.25) is 0 Å². The lowest BCUT2D eigenvalue weighted by atomic mass is 10.0. The van der Waals surface area contributed by atoms with Gasteiger partial charge in [0.25, 0.3) is 9.84 Å². The van der Waals surface area contributed by atoms with Gasteiger partial charge in [0.05, 0.1) is 17.4 Å². The molecular formula is C12H11F3O5S. The normalized spacial score (nSPS) is 18.6. The van der Waals surface area contributed by atoms with Gasteiger partial charge in [-0.05, 0) is 30.0 Å². The molecular weight excluding hydrogens is 313 g/mol. The van der Waals surface area contributed by atoms with E-state index in [0.29, 0.717) is 6.07 Å². The maximum atomic E-state index is 12.7. The van der Waals surface area contributed by atoms with Crippen molar-refractivity contribution in [2.24, 2.45) is 0 Å². The summed E-state index contributed by atoms with van der Waals surface area (Å²) in [5.41, 5.74) is -5.41. The fraction of sp³-hybridized carbons (Fsp3) is 0.417. The number of carbonyl (C=O) groups is 1. The highest BCUT2D eigenvalue weighted by Gasteiger charge is 2.49. The number of fused-ring (bicyclic) bond motifs is 1. The fourth-order valence-corrected chi connectivity index (χ4v) is 3.51. The van der Waals surface area contributed by atoms with Crippen LogP contribution in [0.4, 0.5) is 13.2 Å². The van der Waals surface area contributed by atoms with Crippen LogP contribution in [0.5, 0.6) is 0 Å². The van der Waals surface area contributed by atoms with Crippen LogP contribution >= 0.6 is 0 Å². The van der Waals surface area contributed by atoms with E-state index in [9.17, 15) is 31.5 Å². The second kappa shape index (κ2) is 4.99. The summed E-state index contributed by atoms with van der Waals surface area (Å²) < 4.78 is 61.1. The van der Waals surface area contributed by atoms with Gasteiger partial charge in [-0.2, -0.15) is 13.2 Å². The summed E-state index contributed by atoms with van der Waals surface area (Å²) in [6.07, 6.45) is -1.59. The van der Waals surface area contributed by atoms with Crippen LogP contribution < -0.4 is 0 Å². The van der Waals surface area contributed by atoms with Gasteiger partial charge in [0.15, 0.2) is 0 Å². The fourth-order valence-electron chi connectivity index (χ4n) is 2.46. The van der Waals surface area contributed by atoms with Crippen LogP contribution in [0.1, 0.15) is 29.2 Å². The third-order valence-corrected chi connectivity index (χ3v) is 4.90. The molecule has 116 valence electrons. The number of hydrogen-bond acceptors (Lipinski definition) is 4. The number of aliphatic carboxylic acids is 1. The number of carboxylic acids is 1. The van der Waals surface area contributed by atoms with E-state index < -0.39 is 38.7 Å². The second-order valence-corrected chi connectivity index (χ2v) is 6.60. The van der Waals surface area contributed by atoms with Crippen molar-refractivity contribution in [1.82, 2.24) is 0 Å². The molecule has 0 unspecified atom stereocenters. The standard InChI is InChI=1S/C12H11F3O5S/c13-12(14,15)21(19,20)9-4-1-6(5-10(17)18)7-2-3-8(16)11(7)9/h1,4,8,16H,2-3,5H2,(H,17,18)/t8-/m1/s1. The first kappa shape index (κ1) is 15.8. The summed E-state index contributed by atoms with van der Waals surface area (Å²) in [7, 11) is -5.59. The molecule has 0 aliphatic heterocycles. The molecule has 0 fully saturated rings. The van der Waals surface area contributed by atoms with E-state index in [-0.39, 0.29) is 29.5 Å². The third-order valence-electron chi connectivity index (χ3n) is 3.35. The summed E-state index contributed by atoms with van der Waals surface area (Å²) in [6, 6.07) is 1.78. The van der Waals surface area contributed by atoms with E-state index >= 15 is 0 Å². The number of benzene rings is 1. The molecule has 21 heavy (non-hydrogen) atoms. The first-order chi connectivity index (χ1) is 9.55. The van der Waals surface area contributed by atoms with E-state index in [1.165, 1.54) is 0 Å². The van der Waals surface area contributed by atoms with Crippen molar-refractivity contribution in [3.8, 4) is 0 Å². The number of rotatable bonds is 3. The average Bonchev–Trinajstić information content (AvgIpc) is 2.70. The number of carboxylic acid groups (broad SMARTS) is 1. The van der Waals surface area contributed by atoms with Crippen LogP contribution in [0, 0.1) is 0 Å². The number of halogens is 3. The van der Waals surface area contributed by atoms with Crippen molar-refractivity contribution >= 4 is 15.8 Å². The van der Waals surface area contributed by atoms with Gasteiger partial charge in [-0.1, -0.05) is 6.07 Å². The Morgan fingerprint density at radius 2 is 1.95 bits per heavy atom. The molecule has 5 nitrogen and oxygen atoms in total. The highest BCUT2D eigenvalue weighted by atomic mass is 32.2. The van der Waals surface area contributed by atoms with Crippen molar-refractivity contribution in [3.05, 3.63) is 28.8 Å². The SMILES string of the molecule is O=C(O)Cc1ccc(S(=O)(=O)C(F)(F)F)c2c1CC[C@H]2O. The Hall–Kier alpha value is -1.61. The minimum atomic E-state index is -5.59. The predicted octanol–water partition coefficient (Wildman–Crippen LogP) is 1.59. The highest BCUT2D eigenvalue weighted by molar-refractivity contribution is 7.92. The molecule has 0 heterocycles. The van der Waals surface area contributed by atoms with E-state index in [0.717, 1.165) is 6.07 Å². The molecule has 2 N–H and O–H groups in total. The van der Waals surface area contributed by atoms with Gasteiger partial charge < -0.3 is 10.2 Å². The molecule has 0 spiro atoms. The molecule has 0 bridgehead atoms. The van der Waals surface area contributed by atoms with Crippen LogP contribution in [0.15, 0.2) is 17.0 Å². The molecule has 1 aliphatic rings. The van der Waals surface area contributed by atoms with Gasteiger partial charge >= 0.3 is 11.5 Å². The summed E-state index contributed by atoms with van der Waals surface area (Å²) in [5.74, 6) is -1.19. The molecule has 9 heteroatoms. The van der Waals surface area contributed by atoms with Gasteiger partial charge in [-0.3, -0.25) is 4.79 Å². The Labute approximate surface area is 117 Å². The Morgan fingerprint density at radius 1 is 1.33 bits per heavy atom. The molecule has 0 amide bonds. The molecule has 0 saturated heterocycles. The Bertz CT molecular complexity index is 694. The minimum absolute atomic E-state index is 0.0618. The van der Waals surface area contributed by atoms with Crippen molar-refractivity contribution < 1.29 is 36.6 Å². The number of alkyl halides is 3. The first-order valence-corrected chi connectivity index (χ1v) is 7.40. The molecule has 1 aromatic rings. The summed E-state index contributed by atoms with van der Waals surface area (Å²) in [5, 5.41) is 18.5. The molecule has 0 aromatic heterocycles. The van der Waals surface area contributed by atoms with Gasteiger partial charge in [0, 0.05) is 5.56 Å². The van der Waals surface area contributed by atoms with Gasteiger partial charge in [-0.15, -0.1) is 0 Å². The van der Waals surface area contributed by atoms with E-state index in [2.05, 4.69) is 0 Å². The third kappa shape index (κ3) is 2.62. The molecule has 2 rings (SSSR count). The Balaban J connectivity index is 2.67. The number of sulfone groups is 1. The summed E-state index contributed by atoms with van der Waals surface area (Å²) in [4.78, 5) is 9.73. The number of aliphatic hydroxyl groups excluding tert-OH is 1. The van der Waals surface area contributed by atoms with Crippen molar-refractivity contribution in [2.45, 2.75) is 35.8 Å². The molecule has 0 radical (unpaired) electrons.